The Hall–Kier alpha value is -1.90. The number of aromatic amines is 1. The van der Waals surface area contributed by atoms with Crippen LogP contribution >= 0.6 is 0 Å². The van der Waals surface area contributed by atoms with Crippen molar-refractivity contribution in [2.45, 2.75) is 19.8 Å². The van der Waals surface area contributed by atoms with Crippen LogP contribution in [0.25, 0.3) is 0 Å². The summed E-state index contributed by atoms with van der Waals surface area (Å²) in [5, 5.41) is 0. The Balaban J connectivity index is 2.00. The summed E-state index contributed by atoms with van der Waals surface area (Å²) >= 11 is 0. The van der Waals surface area contributed by atoms with Crippen molar-refractivity contribution >= 4 is 5.78 Å². The van der Waals surface area contributed by atoms with Gasteiger partial charge in [-0.25, -0.2) is 4.98 Å². The van der Waals surface area contributed by atoms with Crippen LogP contribution in [0.1, 0.15) is 17.0 Å². The van der Waals surface area contributed by atoms with Gasteiger partial charge in [0.1, 0.15) is 11.6 Å². The van der Waals surface area contributed by atoms with Crippen LogP contribution < -0.4 is 0 Å². The number of carbonyl (C=O) groups excluding carboxylic acids is 1. The molecule has 0 saturated carbocycles. The van der Waals surface area contributed by atoms with E-state index in [-0.39, 0.29) is 5.78 Å². The standard InChI is InChI=1S/C13H14N2O/c1-10-4-2-3-5-11(10)8-12(16)9-13-14-6-7-15-13/h2-7H,8-9H2,1H3,(H,14,15). The minimum atomic E-state index is 0.184. The number of Topliss-reactive ketones (excluding diaryl/α,β-unsaturated/α-hetero) is 1. The Kier molecular flexibility index (Phi) is 3.15. The van der Waals surface area contributed by atoms with Crippen molar-refractivity contribution in [1.29, 1.82) is 0 Å². The van der Waals surface area contributed by atoms with E-state index in [2.05, 4.69) is 9.97 Å². The Morgan fingerprint density at radius 3 is 2.81 bits per heavy atom. The van der Waals surface area contributed by atoms with Gasteiger partial charge >= 0.3 is 0 Å². The Morgan fingerprint density at radius 1 is 1.31 bits per heavy atom. The zero-order valence-electron chi connectivity index (χ0n) is 9.23. The minimum absolute atomic E-state index is 0.184. The highest BCUT2D eigenvalue weighted by atomic mass is 16.1. The van der Waals surface area contributed by atoms with Crippen molar-refractivity contribution in [1.82, 2.24) is 9.97 Å². The lowest BCUT2D eigenvalue weighted by Crippen LogP contribution is -2.08. The van der Waals surface area contributed by atoms with Gasteiger partial charge in [0.15, 0.2) is 0 Å². The lowest BCUT2D eigenvalue weighted by molar-refractivity contribution is -0.117. The van der Waals surface area contributed by atoms with Crippen molar-refractivity contribution in [2.24, 2.45) is 0 Å². The molecule has 0 aliphatic heterocycles. The quantitative estimate of drug-likeness (QED) is 0.846. The van der Waals surface area contributed by atoms with Crippen LogP contribution in [0, 0.1) is 6.92 Å². The highest BCUT2D eigenvalue weighted by molar-refractivity contribution is 5.82. The maximum absolute atomic E-state index is 11.8. The molecule has 0 aliphatic rings. The first-order valence-electron chi connectivity index (χ1n) is 5.30. The Bertz CT molecular complexity index is 474. The summed E-state index contributed by atoms with van der Waals surface area (Å²) in [4.78, 5) is 18.8. The number of rotatable bonds is 4. The van der Waals surface area contributed by atoms with E-state index < -0.39 is 0 Å². The molecule has 0 spiro atoms. The minimum Gasteiger partial charge on any atom is -0.348 e. The lowest BCUT2D eigenvalue weighted by atomic mass is 10.0. The topological polar surface area (TPSA) is 45.8 Å². The second kappa shape index (κ2) is 4.75. The highest BCUT2D eigenvalue weighted by Crippen LogP contribution is 2.09. The van der Waals surface area contributed by atoms with Crippen LogP contribution in [0.2, 0.25) is 0 Å². The molecule has 0 fully saturated rings. The number of imidazole rings is 1. The summed E-state index contributed by atoms with van der Waals surface area (Å²) in [6, 6.07) is 7.96. The fraction of sp³-hybridized carbons (Fsp3) is 0.231. The van der Waals surface area contributed by atoms with E-state index in [9.17, 15) is 4.79 Å². The molecule has 0 bridgehead atoms. The van der Waals surface area contributed by atoms with Crippen LogP contribution in [0.15, 0.2) is 36.7 Å². The average molecular weight is 214 g/mol. The number of carbonyl (C=O) groups is 1. The molecule has 0 atom stereocenters. The first-order chi connectivity index (χ1) is 7.75. The molecule has 0 amide bonds. The molecule has 16 heavy (non-hydrogen) atoms. The molecular formula is C13H14N2O. The largest absolute Gasteiger partial charge is 0.348 e. The summed E-state index contributed by atoms with van der Waals surface area (Å²) in [6.07, 6.45) is 4.25. The molecule has 1 N–H and O–H groups in total. The summed E-state index contributed by atoms with van der Waals surface area (Å²) in [6.45, 7) is 2.02. The van der Waals surface area contributed by atoms with E-state index >= 15 is 0 Å². The number of nitrogens with zero attached hydrogens (tertiary/aromatic N) is 1. The molecule has 0 saturated heterocycles. The number of nitrogens with one attached hydrogen (secondary N) is 1. The predicted molar refractivity (Wildman–Crippen MR) is 62.2 cm³/mol. The fourth-order valence-electron chi connectivity index (χ4n) is 1.66. The van der Waals surface area contributed by atoms with E-state index in [0.29, 0.717) is 12.8 Å². The summed E-state index contributed by atoms with van der Waals surface area (Å²) in [5.41, 5.74) is 2.26. The van der Waals surface area contributed by atoms with Gasteiger partial charge in [-0.15, -0.1) is 0 Å². The number of hydrogen-bond acceptors (Lipinski definition) is 2. The van der Waals surface area contributed by atoms with Gasteiger partial charge < -0.3 is 4.98 Å². The smallest absolute Gasteiger partial charge is 0.144 e. The van der Waals surface area contributed by atoms with Gasteiger partial charge in [-0.3, -0.25) is 4.79 Å². The summed E-state index contributed by atoms with van der Waals surface area (Å²) < 4.78 is 0. The zero-order valence-corrected chi connectivity index (χ0v) is 9.23. The first-order valence-corrected chi connectivity index (χ1v) is 5.30. The number of aromatic nitrogens is 2. The third-order valence-electron chi connectivity index (χ3n) is 2.57. The van der Waals surface area contributed by atoms with Crippen LogP contribution in [0.3, 0.4) is 0 Å². The van der Waals surface area contributed by atoms with Gasteiger partial charge in [0.05, 0.1) is 6.42 Å². The Labute approximate surface area is 94.5 Å². The molecule has 82 valence electrons. The number of aryl methyl sites for hydroxylation is 1. The maximum Gasteiger partial charge on any atom is 0.144 e. The third kappa shape index (κ3) is 2.57. The molecule has 1 aromatic carbocycles. The fourth-order valence-corrected chi connectivity index (χ4v) is 1.66. The second-order valence-corrected chi connectivity index (χ2v) is 3.85. The van der Waals surface area contributed by atoms with Gasteiger partial charge in [0.2, 0.25) is 0 Å². The van der Waals surface area contributed by atoms with E-state index in [0.717, 1.165) is 17.0 Å². The van der Waals surface area contributed by atoms with Gasteiger partial charge in [0.25, 0.3) is 0 Å². The van der Waals surface area contributed by atoms with Gasteiger partial charge in [-0.1, -0.05) is 24.3 Å². The molecule has 1 aromatic heterocycles. The number of benzene rings is 1. The molecule has 0 radical (unpaired) electrons. The van der Waals surface area contributed by atoms with Crippen molar-refractivity contribution in [2.75, 3.05) is 0 Å². The SMILES string of the molecule is Cc1ccccc1CC(=O)Cc1ncc[nH]1. The highest BCUT2D eigenvalue weighted by Gasteiger charge is 2.07. The van der Waals surface area contributed by atoms with E-state index in [1.165, 1.54) is 0 Å². The normalized spacial score (nSPS) is 10.3. The zero-order chi connectivity index (χ0) is 11.4. The van der Waals surface area contributed by atoms with Crippen LogP contribution in [-0.2, 0) is 17.6 Å². The summed E-state index contributed by atoms with van der Waals surface area (Å²) in [5.74, 6) is 0.919. The van der Waals surface area contributed by atoms with Crippen LogP contribution in [0.5, 0.6) is 0 Å². The van der Waals surface area contributed by atoms with E-state index in [4.69, 9.17) is 0 Å². The molecule has 2 rings (SSSR count). The van der Waals surface area contributed by atoms with Crippen molar-refractivity contribution in [3.63, 3.8) is 0 Å². The summed E-state index contributed by atoms with van der Waals surface area (Å²) in [7, 11) is 0. The number of hydrogen-bond donors (Lipinski definition) is 1. The molecular weight excluding hydrogens is 200 g/mol. The van der Waals surface area contributed by atoms with Gasteiger partial charge in [-0.05, 0) is 18.1 Å². The third-order valence-corrected chi connectivity index (χ3v) is 2.57. The molecule has 3 nitrogen and oxygen atoms in total. The molecule has 2 aromatic rings. The monoisotopic (exact) mass is 214 g/mol. The molecule has 0 aliphatic carbocycles. The molecule has 1 heterocycles. The van der Waals surface area contributed by atoms with Crippen LogP contribution in [0.4, 0.5) is 0 Å². The van der Waals surface area contributed by atoms with E-state index in [1.807, 2.05) is 31.2 Å². The predicted octanol–water partition coefficient (Wildman–Crippen LogP) is 2.07. The number of ketones is 1. The Morgan fingerprint density at radius 2 is 2.12 bits per heavy atom. The van der Waals surface area contributed by atoms with E-state index in [1.54, 1.807) is 12.4 Å². The second-order valence-electron chi connectivity index (χ2n) is 3.85. The van der Waals surface area contributed by atoms with Crippen molar-refractivity contribution in [3.8, 4) is 0 Å². The van der Waals surface area contributed by atoms with Crippen molar-refractivity contribution in [3.05, 3.63) is 53.6 Å². The first kappa shape index (κ1) is 10.6. The van der Waals surface area contributed by atoms with Crippen LogP contribution in [-0.4, -0.2) is 15.8 Å². The number of H-pyrrole nitrogens is 1. The maximum atomic E-state index is 11.8. The molecule has 0 unspecified atom stereocenters. The lowest BCUT2D eigenvalue weighted by Gasteiger charge is -2.03. The van der Waals surface area contributed by atoms with Gasteiger partial charge in [-0.2, -0.15) is 0 Å². The van der Waals surface area contributed by atoms with Gasteiger partial charge in [0, 0.05) is 18.8 Å². The average Bonchev–Trinajstić information content (AvgIpc) is 2.74. The molecule has 3 heteroatoms. The van der Waals surface area contributed by atoms with Crippen molar-refractivity contribution < 1.29 is 4.79 Å².